The largest absolute Gasteiger partial charge is 0.343 e. The summed E-state index contributed by atoms with van der Waals surface area (Å²) in [4.78, 5) is 32.9. The number of fused-ring (bicyclic) bond motifs is 1. The molecular weight excluding hydrogens is 414 g/mol. The quantitative estimate of drug-likeness (QED) is 0.504. The summed E-state index contributed by atoms with van der Waals surface area (Å²) in [7, 11) is 0. The molecule has 31 heavy (non-hydrogen) atoms. The van der Waals surface area contributed by atoms with Gasteiger partial charge in [-0.3, -0.25) is 9.36 Å². The van der Waals surface area contributed by atoms with Gasteiger partial charge in [0.1, 0.15) is 17.2 Å². The van der Waals surface area contributed by atoms with Crippen LogP contribution in [0.4, 0.5) is 0 Å². The number of benzene rings is 2. The summed E-state index contributed by atoms with van der Waals surface area (Å²) in [6.07, 6.45) is 3.28. The van der Waals surface area contributed by atoms with Crippen molar-refractivity contribution in [2.75, 3.05) is 0 Å². The minimum Gasteiger partial charge on any atom is -0.335 e. The van der Waals surface area contributed by atoms with E-state index in [0.29, 0.717) is 29.5 Å². The molecule has 0 atom stereocenters. The van der Waals surface area contributed by atoms with Crippen LogP contribution in [0.2, 0.25) is 0 Å². The zero-order chi connectivity index (χ0) is 20.2. The zero-order valence-electron chi connectivity index (χ0n) is 16.6. The van der Waals surface area contributed by atoms with Gasteiger partial charge < -0.3 is 4.98 Å². The number of aromatic nitrogens is 5. The van der Waals surface area contributed by atoms with Crippen molar-refractivity contribution in [3.8, 4) is 34.2 Å². The third-order valence-corrected chi connectivity index (χ3v) is 5.90. The molecule has 2 aliphatic carbocycles. The number of hydrogen-bond acceptors (Lipinski definition) is 4. The van der Waals surface area contributed by atoms with Crippen molar-refractivity contribution in [1.29, 1.82) is 0 Å². The Bertz CT molecular complexity index is 1350. The molecule has 1 saturated carbocycles. The Balaban J connectivity index is 0.00000204. The van der Waals surface area contributed by atoms with Gasteiger partial charge in [-0.15, -0.1) is 12.4 Å². The molecule has 0 saturated heterocycles. The number of rotatable bonds is 4. The van der Waals surface area contributed by atoms with Gasteiger partial charge in [0.2, 0.25) is 0 Å². The van der Waals surface area contributed by atoms with Gasteiger partial charge in [-0.2, -0.15) is 5.10 Å². The van der Waals surface area contributed by atoms with E-state index in [2.05, 4.69) is 15.2 Å². The molecule has 2 aromatic heterocycles. The molecule has 0 unspecified atom stereocenters. The van der Waals surface area contributed by atoms with Crippen LogP contribution in [0.5, 0.6) is 0 Å². The normalized spacial score (nSPS) is 15.0. The van der Waals surface area contributed by atoms with E-state index >= 15 is 0 Å². The molecule has 1 fully saturated rings. The molecule has 0 bridgehead atoms. The molecule has 2 heterocycles. The number of aromatic amines is 2. The van der Waals surface area contributed by atoms with Crippen LogP contribution in [0.1, 0.15) is 41.2 Å². The van der Waals surface area contributed by atoms with Crippen molar-refractivity contribution >= 4 is 18.2 Å². The highest BCUT2D eigenvalue weighted by Gasteiger charge is 2.31. The van der Waals surface area contributed by atoms with E-state index < -0.39 is 0 Å². The van der Waals surface area contributed by atoms with Gasteiger partial charge in [0, 0.05) is 29.2 Å². The Morgan fingerprint density at radius 1 is 0.968 bits per heavy atom. The standard InChI is InChI=1S/C23H19N5O2.ClH/c29-18-11-8-13-6-7-15(12-17(13)18)19-20(22-26-27-23(30)28(22)16-9-10-16)25-21(24-19)14-4-2-1-3-5-14;/h1-7,12,16H,8-11H2,(H,24,25)(H,27,30);1H. The highest BCUT2D eigenvalue weighted by atomic mass is 35.5. The van der Waals surface area contributed by atoms with Crippen molar-refractivity contribution < 1.29 is 4.79 Å². The van der Waals surface area contributed by atoms with Crippen molar-refractivity contribution in [3.63, 3.8) is 0 Å². The molecule has 2 aromatic carbocycles. The summed E-state index contributed by atoms with van der Waals surface area (Å²) in [5.74, 6) is 1.42. The Morgan fingerprint density at radius 2 is 1.77 bits per heavy atom. The smallest absolute Gasteiger partial charge is 0.335 e. The fourth-order valence-corrected chi connectivity index (χ4v) is 4.21. The van der Waals surface area contributed by atoms with E-state index in [0.717, 1.165) is 41.5 Å². The first-order valence-corrected chi connectivity index (χ1v) is 10.2. The molecule has 0 amide bonds. The summed E-state index contributed by atoms with van der Waals surface area (Å²) >= 11 is 0. The summed E-state index contributed by atoms with van der Waals surface area (Å²) in [5.41, 5.74) is 4.80. The van der Waals surface area contributed by atoms with Gasteiger partial charge in [-0.25, -0.2) is 14.9 Å². The number of imidazole rings is 1. The average molecular weight is 434 g/mol. The van der Waals surface area contributed by atoms with Crippen molar-refractivity contribution in [2.45, 2.75) is 31.7 Å². The van der Waals surface area contributed by atoms with E-state index in [1.807, 2.05) is 48.5 Å². The van der Waals surface area contributed by atoms with Gasteiger partial charge in [0.15, 0.2) is 11.6 Å². The summed E-state index contributed by atoms with van der Waals surface area (Å²) < 4.78 is 1.71. The molecular formula is C23H20ClN5O2. The lowest BCUT2D eigenvalue weighted by Crippen LogP contribution is -2.16. The number of nitrogens with one attached hydrogen (secondary N) is 2. The fraction of sp³-hybridized carbons (Fsp3) is 0.217. The highest BCUT2D eigenvalue weighted by molar-refractivity contribution is 6.01. The van der Waals surface area contributed by atoms with Gasteiger partial charge in [0.05, 0.1) is 0 Å². The molecule has 2 N–H and O–H groups in total. The van der Waals surface area contributed by atoms with Crippen LogP contribution < -0.4 is 5.69 Å². The first-order chi connectivity index (χ1) is 14.7. The SMILES string of the molecule is Cl.O=C1CCc2ccc(-c3nc(-c4ccccc4)[nH]c3-c3n[nH]c(=O)n3C3CC3)cc21. The third kappa shape index (κ3) is 3.21. The van der Waals surface area contributed by atoms with E-state index in [1.165, 1.54) is 0 Å². The molecule has 4 aromatic rings. The maximum atomic E-state index is 12.4. The second-order valence-corrected chi connectivity index (χ2v) is 7.92. The van der Waals surface area contributed by atoms with Crippen LogP contribution in [0.3, 0.4) is 0 Å². The molecule has 2 aliphatic rings. The van der Waals surface area contributed by atoms with Crippen LogP contribution in [0, 0.1) is 0 Å². The van der Waals surface area contributed by atoms with E-state index in [1.54, 1.807) is 4.57 Å². The van der Waals surface area contributed by atoms with Gasteiger partial charge in [0.25, 0.3) is 0 Å². The third-order valence-electron chi connectivity index (χ3n) is 5.90. The Kier molecular flexibility index (Phi) is 4.63. The molecule has 0 spiro atoms. The number of halogens is 1. The first kappa shape index (κ1) is 19.5. The number of aryl methyl sites for hydroxylation is 1. The van der Waals surface area contributed by atoms with Crippen molar-refractivity contribution in [2.24, 2.45) is 0 Å². The van der Waals surface area contributed by atoms with E-state index in [9.17, 15) is 9.59 Å². The number of Topliss-reactive ketones (excluding diaryl/α,β-unsaturated/α-hetero) is 1. The van der Waals surface area contributed by atoms with Crippen LogP contribution in [-0.4, -0.2) is 30.5 Å². The maximum absolute atomic E-state index is 12.4. The molecule has 7 nitrogen and oxygen atoms in total. The number of carbonyl (C=O) groups is 1. The minimum absolute atomic E-state index is 0. The number of hydrogen-bond donors (Lipinski definition) is 2. The van der Waals surface area contributed by atoms with Gasteiger partial charge in [-0.1, -0.05) is 42.5 Å². The fourth-order valence-electron chi connectivity index (χ4n) is 4.21. The Morgan fingerprint density at radius 3 is 2.55 bits per heavy atom. The lowest BCUT2D eigenvalue weighted by molar-refractivity contribution is 0.0994. The predicted octanol–water partition coefficient (Wildman–Crippen LogP) is 4.18. The summed E-state index contributed by atoms with van der Waals surface area (Å²) in [6, 6.07) is 15.9. The number of carbonyl (C=O) groups excluding carboxylic acids is 1. The lowest BCUT2D eigenvalue weighted by Gasteiger charge is -2.06. The molecule has 0 radical (unpaired) electrons. The van der Waals surface area contributed by atoms with Crippen LogP contribution >= 0.6 is 12.4 Å². The monoisotopic (exact) mass is 433 g/mol. The molecule has 0 aliphatic heterocycles. The zero-order valence-corrected chi connectivity index (χ0v) is 17.4. The number of nitrogens with zero attached hydrogens (tertiary/aromatic N) is 3. The van der Waals surface area contributed by atoms with Crippen molar-refractivity contribution in [1.82, 2.24) is 24.7 Å². The van der Waals surface area contributed by atoms with Crippen LogP contribution in [0.25, 0.3) is 34.2 Å². The molecule has 156 valence electrons. The second kappa shape index (κ2) is 7.35. The molecule has 6 rings (SSSR count). The Labute approximate surface area is 184 Å². The average Bonchev–Trinajstić information content (AvgIpc) is 3.22. The summed E-state index contributed by atoms with van der Waals surface area (Å²) in [6.45, 7) is 0. The van der Waals surface area contributed by atoms with E-state index in [4.69, 9.17) is 4.98 Å². The van der Waals surface area contributed by atoms with E-state index in [-0.39, 0.29) is 29.9 Å². The lowest BCUT2D eigenvalue weighted by atomic mass is 10.0. The Hall–Kier alpha value is -3.45. The van der Waals surface area contributed by atoms with Gasteiger partial charge >= 0.3 is 5.69 Å². The number of ketones is 1. The highest BCUT2D eigenvalue weighted by Crippen LogP contribution is 2.39. The topological polar surface area (TPSA) is 96.4 Å². The minimum atomic E-state index is -0.210. The maximum Gasteiger partial charge on any atom is 0.343 e. The summed E-state index contributed by atoms with van der Waals surface area (Å²) in [5, 5.41) is 6.90. The second-order valence-electron chi connectivity index (χ2n) is 7.92. The first-order valence-electron chi connectivity index (χ1n) is 10.2. The van der Waals surface area contributed by atoms with Crippen LogP contribution in [0.15, 0.2) is 53.3 Å². The molecule has 8 heteroatoms. The number of H-pyrrole nitrogens is 2. The van der Waals surface area contributed by atoms with Crippen LogP contribution in [-0.2, 0) is 6.42 Å². The predicted molar refractivity (Wildman–Crippen MR) is 119 cm³/mol. The van der Waals surface area contributed by atoms with Crippen molar-refractivity contribution in [3.05, 3.63) is 70.1 Å². The van der Waals surface area contributed by atoms with Gasteiger partial charge in [-0.05, 0) is 30.9 Å².